The third-order valence-corrected chi connectivity index (χ3v) is 6.04. The van der Waals surface area contributed by atoms with Crippen molar-refractivity contribution in [2.24, 2.45) is 5.92 Å². The Kier molecular flexibility index (Phi) is 6.35. The van der Waals surface area contributed by atoms with E-state index in [9.17, 15) is 4.79 Å². The fourth-order valence-electron chi connectivity index (χ4n) is 3.85. The highest BCUT2D eigenvalue weighted by Crippen LogP contribution is 2.52. The van der Waals surface area contributed by atoms with Gasteiger partial charge in [0.2, 0.25) is 0 Å². The quantitative estimate of drug-likeness (QED) is 0.564. The molecule has 0 unspecified atom stereocenters. The molecule has 0 N–H and O–H groups in total. The molecular formula is C23H25Cl2NO5. The van der Waals surface area contributed by atoms with E-state index in [0.29, 0.717) is 58.5 Å². The normalized spacial score (nSPS) is 17.0. The fraction of sp³-hybridized carbons (Fsp3) is 0.435. The second-order valence-corrected chi connectivity index (χ2v) is 8.79. The zero-order chi connectivity index (χ0) is 22.2. The maximum atomic E-state index is 13.4. The van der Waals surface area contributed by atoms with Gasteiger partial charge in [-0.3, -0.25) is 4.79 Å². The Bertz CT molecular complexity index is 988. The van der Waals surface area contributed by atoms with E-state index in [4.69, 9.17) is 42.1 Å². The number of methoxy groups -OCH3 is 1. The van der Waals surface area contributed by atoms with Crippen LogP contribution in [0.5, 0.6) is 11.5 Å². The summed E-state index contributed by atoms with van der Waals surface area (Å²) in [5.74, 6) is -0.0588. The van der Waals surface area contributed by atoms with E-state index in [-0.39, 0.29) is 12.5 Å². The van der Waals surface area contributed by atoms with Gasteiger partial charge in [-0.1, -0.05) is 43.1 Å². The van der Waals surface area contributed by atoms with E-state index in [2.05, 4.69) is 13.8 Å². The molecule has 2 aliphatic rings. The number of anilines is 1. The second-order valence-electron chi connectivity index (χ2n) is 7.97. The lowest BCUT2D eigenvalue weighted by Gasteiger charge is -2.22. The summed E-state index contributed by atoms with van der Waals surface area (Å²) in [4.78, 5) is 15.0. The average Bonchev–Trinajstić information content (AvgIpc) is 3.32. The van der Waals surface area contributed by atoms with Gasteiger partial charge in [0.25, 0.3) is 11.7 Å². The molecule has 166 valence electrons. The molecule has 4 rings (SSSR count). The Morgan fingerprint density at radius 3 is 2.48 bits per heavy atom. The Balaban J connectivity index is 1.64. The monoisotopic (exact) mass is 465 g/mol. The maximum Gasteiger partial charge on any atom is 0.292 e. The van der Waals surface area contributed by atoms with Gasteiger partial charge in [0, 0.05) is 0 Å². The van der Waals surface area contributed by atoms with Crippen molar-refractivity contribution in [3.63, 3.8) is 0 Å². The van der Waals surface area contributed by atoms with Gasteiger partial charge in [-0.2, -0.15) is 0 Å². The Hall–Kier alpha value is -1.99. The minimum atomic E-state index is -1.54. The van der Waals surface area contributed by atoms with Crippen molar-refractivity contribution in [3.8, 4) is 11.5 Å². The number of hydrogen-bond donors (Lipinski definition) is 0. The molecule has 0 bridgehead atoms. The minimum absolute atomic E-state index is 0.253. The number of nitrogens with zero attached hydrogens (tertiary/aromatic N) is 1. The summed E-state index contributed by atoms with van der Waals surface area (Å²) in [5, 5.41) is 0.785. The van der Waals surface area contributed by atoms with Crippen LogP contribution in [0.4, 0.5) is 5.69 Å². The number of rotatable bonds is 7. The van der Waals surface area contributed by atoms with E-state index in [0.717, 1.165) is 12.0 Å². The van der Waals surface area contributed by atoms with Gasteiger partial charge in [0.1, 0.15) is 0 Å². The van der Waals surface area contributed by atoms with Gasteiger partial charge in [0.15, 0.2) is 11.5 Å². The van der Waals surface area contributed by atoms with Crippen LogP contribution in [-0.4, -0.2) is 32.8 Å². The zero-order valence-electron chi connectivity index (χ0n) is 17.7. The largest absolute Gasteiger partial charge is 0.493 e. The number of benzene rings is 2. The van der Waals surface area contributed by atoms with E-state index in [1.54, 1.807) is 24.1 Å². The van der Waals surface area contributed by atoms with Crippen molar-refractivity contribution in [2.45, 2.75) is 32.6 Å². The van der Waals surface area contributed by atoms with Crippen LogP contribution in [0.25, 0.3) is 0 Å². The molecule has 1 spiro atoms. The number of carbonyl (C=O) groups is 1. The van der Waals surface area contributed by atoms with Gasteiger partial charge in [-0.15, -0.1) is 0 Å². The summed E-state index contributed by atoms with van der Waals surface area (Å²) in [6, 6.07) is 8.94. The van der Waals surface area contributed by atoms with Crippen LogP contribution in [0.3, 0.4) is 0 Å². The summed E-state index contributed by atoms with van der Waals surface area (Å²) >= 11 is 12.9. The average molecular weight is 466 g/mol. The van der Waals surface area contributed by atoms with Crippen molar-refractivity contribution in [1.29, 1.82) is 0 Å². The SMILES string of the molecule is COc1cc(CN2C(=O)C3(OCCO3)c3c(Cl)ccc(Cl)c32)ccc1OCCC(C)C. The van der Waals surface area contributed by atoms with Crippen molar-refractivity contribution in [1.82, 2.24) is 0 Å². The van der Waals surface area contributed by atoms with Crippen LogP contribution in [0, 0.1) is 5.92 Å². The van der Waals surface area contributed by atoms with Gasteiger partial charge < -0.3 is 23.8 Å². The first-order chi connectivity index (χ1) is 14.9. The third kappa shape index (κ3) is 3.98. The lowest BCUT2D eigenvalue weighted by atomic mass is 10.1. The van der Waals surface area contributed by atoms with E-state index in [1.165, 1.54) is 0 Å². The van der Waals surface area contributed by atoms with Crippen LogP contribution < -0.4 is 14.4 Å². The van der Waals surface area contributed by atoms with E-state index in [1.807, 2.05) is 18.2 Å². The zero-order valence-corrected chi connectivity index (χ0v) is 19.3. The molecule has 0 saturated carbocycles. The molecule has 1 amide bonds. The molecule has 1 fully saturated rings. The first-order valence-electron chi connectivity index (χ1n) is 10.3. The van der Waals surface area contributed by atoms with Crippen LogP contribution in [0.2, 0.25) is 10.0 Å². The molecule has 1 saturated heterocycles. The molecule has 31 heavy (non-hydrogen) atoms. The summed E-state index contributed by atoms with van der Waals surface area (Å²) in [6.07, 6.45) is 0.950. The van der Waals surface area contributed by atoms with Crippen LogP contribution in [0.15, 0.2) is 30.3 Å². The standard InChI is InChI=1S/C23H25Cl2NO5/c1-14(2)8-9-29-18-7-4-15(12-19(18)28-3)13-26-21-17(25)6-5-16(24)20(21)23(22(26)27)30-10-11-31-23/h4-7,12,14H,8-11,13H2,1-3H3. The Labute approximate surface area is 191 Å². The molecule has 0 radical (unpaired) electrons. The molecule has 0 atom stereocenters. The summed E-state index contributed by atoms with van der Waals surface area (Å²) in [7, 11) is 1.59. The van der Waals surface area contributed by atoms with Crippen molar-refractivity contribution >= 4 is 34.8 Å². The lowest BCUT2D eigenvalue weighted by Crippen LogP contribution is -2.41. The third-order valence-electron chi connectivity index (χ3n) is 5.42. The van der Waals surface area contributed by atoms with Gasteiger partial charge >= 0.3 is 0 Å². The highest BCUT2D eigenvalue weighted by Gasteiger charge is 2.58. The first kappa shape index (κ1) is 22.2. The summed E-state index contributed by atoms with van der Waals surface area (Å²) in [6.45, 7) is 5.77. The van der Waals surface area contributed by atoms with Crippen LogP contribution in [0.1, 0.15) is 31.4 Å². The summed E-state index contributed by atoms with van der Waals surface area (Å²) < 4.78 is 22.9. The number of ether oxygens (including phenoxy) is 4. The lowest BCUT2D eigenvalue weighted by molar-refractivity contribution is -0.180. The minimum Gasteiger partial charge on any atom is -0.493 e. The van der Waals surface area contributed by atoms with Crippen LogP contribution >= 0.6 is 23.2 Å². The van der Waals surface area contributed by atoms with Crippen LogP contribution in [-0.2, 0) is 26.6 Å². The second kappa shape index (κ2) is 8.87. The molecule has 2 aliphatic heterocycles. The molecule has 2 heterocycles. The molecule has 0 aliphatic carbocycles. The van der Waals surface area contributed by atoms with Crippen molar-refractivity contribution < 1.29 is 23.7 Å². The fourth-order valence-corrected chi connectivity index (χ4v) is 4.39. The molecule has 0 aromatic heterocycles. The smallest absolute Gasteiger partial charge is 0.292 e. The Morgan fingerprint density at radius 1 is 1.10 bits per heavy atom. The van der Waals surface area contributed by atoms with E-state index >= 15 is 0 Å². The number of carbonyl (C=O) groups excluding carboxylic acids is 1. The van der Waals surface area contributed by atoms with Crippen molar-refractivity contribution in [2.75, 3.05) is 31.8 Å². The highest BCUT2D eigenvalue weighted by atomic mass is 35.5. The topological polar surface area (TPSA) is 57.2 Å². The maximum absolute atomic E-state index is 13.4. The predicted octanol–water partition coefficient (Wildman–Crippen LogP) is 5.17. The molecular weight excluding hydrogens is 441 g/mol. The molecule has 8 heteroatoms. The number of halogens is 2. The first-order valence-corrected chi connectivity index (χ1v) is 11.0. The molecule has 6 nitrogen and oxygen atoms in total. The van der Waals surface area contributed by atoms with Crippen molar-refractivity contribution in [3.05, 3.63) is 51.5 Å². The van der Waals surface area contributed by atoms with E-state index < -0.39 is 5.79 Å². The number of fused-ring (bicyclic) bond motifs is 2. The van der Waals surface area contributed by atoms with Gasteiger partial charge in [0.05, 0.1) is 54.8 Å². The molecule has 2 aromatic carbocycles. The summed E-state index contributed by atoms with van der Waals surface area (Å²) in [5.41, 5.74) is 1.82. The Morgan fingerprint density at radius 2 is 1.81 bits per heavy atom. The predicted molar refractivity (Wildman–Crippen MR) is 119 cm³/mol. The number of amides is 1. The highest BCUT2D eigenvalue weighted by molar-refractivity contribution is 6.38. The molecule has 2 aromatic rings. The van der Waals surface area contributed by atoms with Gasteiger partial charge in [-0.05, 0) is 42.2 Å². The van der Waals surface area contributed by atoms with Gasteiger partial charge in [-0.25, -0.2) is 0 Å². The number of hydrogen-bond acceptors (Lipinski definition) is 5.